The summed E-state index contributed by atoms with van der Waals surface area (Å²) in [6.45, 7) is 5.08. The zero-order chi connectivity index (χ0) is 12.4. The van der Waals surface area contributed by atoms with Crippen LogP contribution in [-0.4, -0.2) is 62.4 Å². The van der Waals surface area contributed by atoms with Gasteiger partial charge < -0.3 is 20.1 Å². The maximum Gasteiger partial charge on any atom is 0.320 e. The van der Waals surface area contributed by atoms with Crippen molar-refractivity contribution in [2.24, 2.45) is 0 Å². The SMILES string of the molecule is CCCC(NCCN(C)CCOC)C(=O)O. The van der Waals surface area contributed by atoms with Crippen LogP contribution in [0.4, 0.5) is 0 Å². The normalized spacial score (nSPS) is 13.0. The Morgan fingerprint density at radius 1 is 1.50 bits per heavy atom. The molecule has 0 bridgehead atoms. The van der Waals surface area contributed by atoms with Crippen LogP contribution >= 0.6 is 0 Å². The van der Waals surface area contributed by atoms with Crippen LogP contribution in [0.15, 0.2) is 0 Å². The summed E-state index contributed by atoms with van der Waals surface area (Å²) < 4.78 is 4.96. The number of aliphatic carboxylic acids is 1. The third-order valence-electron chi connectivity index (χ3n) is 2.44. The third-order valence-corrected chi connectivity index (χ3v) is 2.44. The van der Waals surface area contributed by atoms with E-state index >= 15 is 0 Å². The predicted molar refractivity (Wildman–Crippen MR) is 63.7 cm³/mol. The Kier molecular flexibility index (Phi) is 9.18. The fourth-order valence-electron chi connectivity index (χ4n) is 1.39. The molecule has 16 heavy (non-hydrogen) atoms. The summed E-state index contributed by atoms with van der Waals surface area (Å²) in [5, 5.41) is 12.0. The largest absolute Gasteiger partial charge is 0.480 e. The van der Waals surface area contributed by atoms with Crippen molar-refractivity contribution in [1.29, 1.82) is 0 Å². The minimum Gasteiger partial charge on any atom is -0.480 e. The van der Waals surface area contributed by atoms with Gasteiger partial charge in [-0.15, -0.1) is 0 Å². The quantitative estimate of drug-likeness (QED) is 0.571. The lowest BCUT2D eigenvalue weighted by atomic mass is 10.2. The Morgan fingerprint density at radius 3 is 2.69 bits per heavy atom. The lowest BCUT2D eigenvalue weighted by molar-refractivity contribution is -0.139. The molecule has 0 aromatic rings. The van der Waals surface area contributed by atoms with Gasteiger partial charge in [0.25, 0.3) is 0 Å². The van der Waals surface area contributed by atoms with Crippen molar-refractivity contribution in [2.45, 2.75) is 25.8 Å². The number of carboxylic acids is 1. The number of likely N-dealkylation sites (N-methyl/N-ethyl adjacent to an activating group) is 1. The molecule has 0 aliphatic carbocycles. The molecular weight excluding hydrogens is 208 g/mol. The molecule has 5 nitrogen and oxygen atoms in total. The van der Waals surface area contributed by atoms with Crippen LogP contribution in [0, 0.1) is 0 Å². The molecular formula is C11H24N2O3. The molecule has 1 atom stereocenters. The van der Waals surface area contributed by atoms with Crippen LogP contribution in [-0.2, 0) is 9.53 Å². The van der Waals surface area contributed by atoms with E-state index in [0.29, 0.717) is 19.6 Å². The second kappa shape index (κ2) is 9.57. The lowest BCUT2D eigenvalue weighted by Gasteiger charge is -2.18. The number of methoxy groups -OCH3 is 1. The van der Waals surface area contributed by atoms with Gasteiger partial charge in [0, 0.05) is 26.7 Å². The van der Waals surface area contributed by atoms with Crippen LogP contribution in [0.5, 0.6) is 0 Å². The smallest absolute Gasteiger partial charge is 0.320 e. The van der Waals surface area contributed by atoms with E-state index < -0.39 is 12.0 Å². The molecule has 0 saturated heterocycles. The molecule has 0 rings (SSSR count). The number of hydrogen-bond acceptors (Lipinski definition) is 4. The first-order valence-electron chi connectivity index (χ1n) is 5.75. The van der Waals surface area contributed by atoms with Crippen LogP contribution in [0.3, 0.4) is 0 Å². The molecule has 0 aliphatic heterocycles. The molecule has 5 heteroatoms. The van der Waals surface area contributed by atoms with Crippen LogP contribution in [0.25, 0.3) is 0 Å². The van der Waals surface area contributed by atoms with Crippen molar-refractivity contribution in [3.05, 3.63) is 0 Å². The first kappa shape index (κ1) is 15.3. The highest BCUT2D eigenvalue weighted by Crippen LogP contribution is 1.96. The molecule has 96 valence electrons. The van der Waals surface area contributed by atoms with E-state index in [1.807, 2.05) is 14.0 Å². The molecule has 2 N–H and O–H groups in total. The summed E-state index contributed by atoms with van der Waals surface area (Å²) in [6.07, 6.45) is 1.56. The number of carbonyl (C=O) groups is 1. The summed E-state index contributed by atoms with van der Waals surface area (Å²) in [6, 6.07) is -0.416. The van der Waals surface area contributed by atoms with Gasteiger partial charge in [0.2, 0.25) is 0 Å². The van der Waals surface area contributed by atoms with Crippen molar-refractivity contribution >= 4 is 5.97 Å². The van der Waals surface area contributed by atoms with Gasteiger partial charge in [-0.3, -0.25) is 4.79 Å². The summed E-state index contributed by atoms with van der Waals surface area (Å²) in [5.41, 5.74) is 0. The van der Waals surface area contributed by atoms with Gasteiger partial charge in [-0.1, -0.05) is 13.3 Å². The summed E-state index contributed by atoms with van der Waals surface area (Å²) >= 11 is 0. The van der Waals surface area contributed by atoms with E-state index in [4.69, 9.17) is 9.84 Å². The van der Waals surface area contributed by atoms with Gasteiger partial charge >= 0.3 is 5.97 Å². The number of nitrogens with zero attached hydrogens (tertiary/aromatic N) is 1. The van der Waals surface area contributed by atoms with E-state index in [1.165, 1.54) is 0 Å². The van der Waals surface area contributed by atoms with Gasteiger partial charge in [-0.2, -0.15) is 0 Å². The van der Waals surface area contributed by atoms with Gasteiger partial charge in [0.15, 0.2) is 0 Å². The monoisotopic (exact) mass is 232 g/mol. The van der Waals surface area contributed by atoms with Gasteiger partial charge in [-0.05, 0) is 13.5 Å². The Hall–Kier alpha value is -0.650. The molecule has 1 unspecified atom stereocenters. The highest BCUT2D eigenvalue weighted by atomic mass is 16.5. The van der Waals surface area contributed by atoms with E-state index in [-0.39, 0.29) is 0 Å². The number of ether oxygens (including phenoxy) is 1. The average molecular weight is 232 g/mol. The van der Waals surface area contributed by atoms with E-state index in [2.05, 4.69) is 10.2 Å². The van der Waals surface area contributed by atoms with E-state index in [1.54, 1.807) is 7.11 Å². The van der Waals surface area contributed by atoms with Crippen molar-refractivity contribution in [3.63, 3.8) is 0 Å². The highest BCUT2D eigenvalue weighted by molar-refractivity contribution is 5.73. The molecule has 0 amide bonds. The standard InChI is InChI=1S/C11H24N2O3/c1-4-5-10(11(14)15)12-6-7-13(2)8-9-16-3/h10,12H,4-9H2,1-3H3,(H,14,15). The van der Waals surface area contributed by atoms with E-state index in [0.717, 1.165) is 19.5 Å². The molecule has 0 aromatic heterocycles. The molecule has 0 radical (unpaired) electrons. The molecule has 0 saturated carbocycles. The van der Waals surface area contributed by atoms with Gasteiger partial charge in [0.1, 0.15) is 6.04 Å². The Morgan fingerprint density at radius 2 is 2.19 bits per heavy atom. The van der Waals surface area contributed by atoms with Gasteiger partial charge in [0.05, 0.1) is 6.61 Å². The molecule has 0 spiro atoms. The first-order valence-corrected chi connectivity index (χ1v) is 5.75. The van der Waals surface area contributed by atoms with Gasteiger partial charge in [-0.25, -0.2) is 0 Å². The second-order valence-electron chi connectivity index (χ2n) is 3.93. The summed E-state index contributed by atoms with van der Waals surface area (Å²) in [5.74, 6) is -0.763. The predicted octanol–water partition coefficient (Wildman–Crippen LogP) is 0.408. The second-order valence-corrected chi connectivity index (χ2v) is 3.93. The lowest BCUT2D eigenvalue weighted by Crippen LogP contribution is -2.41. The third kappa shape index (κ3) is 7.62. The molecule has 0 fully saturated rings. The van der Waals surface area contributed by atoms with Crippen molar-refractivity contribution in [1.82, 2.24) is 10.2 Å². The maximum absolute atomic E-state index is 10.8. The van der Waals surface area contributed by atoms with Crippen LogP contribution in [0.1, 0.15) is 19.8 Å². The maximum atomic E-state index is 10.8. The van der Waals surface area contributed by atoms with E-state index in [9.17, 15) is 4.79 Å². The fraction of sp³-hybridized carbons (Fsp3) is 0.909. The van der Waals surface area contributed by atoms with Crippen molar-refractivity contribution in [3.8, 4) is 0 Å². The molecule has 0 aliphatic rings. The van der Waals surface area contributed by atoms with Crippen molar-refractivity contribution < 1.29 is 14.6 Å². The fourth-order valence-corrected chi connectivity index (χ4v) is 1.39. The Bertz CT molecular complexity index is 188. The average Bonchev–Trinajstić information content (AvgIpc) is 2.25. The number of carboxylic acid groups (broad SMARTS) is 1. The Balaban J connectivity index is 3.64. The zero-order valence-corrected chi connectivity index (χ0v) is 10.5. The number of rotatable bonds is 10. The number of nitrogens with one attached hydrogen (secondary N) is 1. The zero-order valence-electron chi connectivity index (χ0n) is 10.5. The van der Waals surface area contributed by atoms with Crippen LogP contribution in [0.2, 0.25) is 0 Å². The minimum absolute atomic E-state index is 0.416. The minimum atomic E-state index is -0.763. The highest BCUT2D eigenvalue weighted by Gasteiger charge is 2.14. The summed E-state index contributed by atoms with van der Waals surface area (Å²) in [4.78, 5) is 13.0. The summed E-state index contributed by atoms with van der Waals surface area (Å²) in [7, 11) is 3.67. The molecule has 0 heterocycles. The van der Waals surface area contributed by atoms with Crippen LogP contribution < -0.4 is 5.32 Å². The Labute approximate surface area is 97.8 Å². The topological polar surface area (TPSA) is 61.8 Å². The number of hydrogen-bond donors (Lipinski definition) is 2. The van der Waals surface area contributed by atoms with Crippen molar-refractivity contribution in [2.75, 3.05) is 40.4 Å². The first-order chi connectivity index (χ1) is 7.61. The molecule has 0 aromatic carbocycles.